The maximum Gasteiger partial charge on any atom is 0.387 e. The first-order valence-electron chi connectivity index (χ1n) is 5.92. The van der Waals surface area contributed by atoms with E-state index in [0.717, 1.165) is 5.57 Å². The zero-order chi connectivity index (χ0) is 14.4. The van der Waals surface area contributed by atoms with E-state index in [4.69, 9.17) is 0 Å². The maximum absolute atomic E-state index is 12.1. The van der Waals surface area contributed by atoms with E-state index < -0.39 is 6.61 Å². The Labute approximate surface area is 111 Å². The Morgan fingerprint density at radius 3 is 2.37 bits per heavy atom. The van der Waals surface area contributed by atoms with Crippen molar-refractivity contribution in [1.82, 2.24) is 4.90 Å². The minimum absolute atomic E-state index is 0.0366. The predicted octanol–water partition coefficient (Wildman–Crippen LogP) is 3.33. The number of hydrogen-bond acceptors (Lipinski definition) is 2. The Kier molecular flexibility index (Phi) is 5.48. The van der Waals surface area contributed by atoms with Crippen molar-refractivity contribution in [2.45, 2.75) is 20.5 Å². The SMILES string of the molecule is C=C(C)CN(CC)C(=O)c1ccc(OC(F)F)cc1. The van der Waals surface area contributed by atoms with Crippen molar-refractivity contribution in [1.29, 1.82) is 0 Å². The first kappa shape index (κ1) is 15.1. The number of alkyl halides is 2. The smallest absolute Gasteiger partial charge is 0.387 e. The standard InChI is InChI=1S/C14H17F2NO2/c1-4-17(9-10(2)3)13(18)11-5-7-12(8-6-11)19-14(15)16/h5-8,14H,2,4,9H2,1,3H3. The molecule has 0 atom stereocenters. The molecule has 19 heavy (non-hydrogen) atoms. The Bertz CT molecular complexity index is 443. The molecule has 0 heterocycles. The fourth-order valence-corrected chi connectivity index (χ4v) is 1.61. The van der Waals surface area contributed by atoms with Gasteiger partial charge in [-0.1, -0.05) is 12.2 Å². The summed E-state index contributed by atoms with van der Waals surface area (Å²) >= 11 is 0. The van der Waals surface area contributed by atoms with Crippen LogP contribution in [0, 0.1) is 0 Å². The van der Waals surface area contributed by atoms with Crippen LogP contribution in [-0.4, -0.2) is 30.5 Å². The van der Waals surface area contributed by atoms with Crippen molar-refractivity contribution >= 4 is 5.91 Å². The highest BCUT2D eigenvalue weighted by atomic mass is 19.3. The van der Waals surface area contributed by atoms with E-state index in [1.165, 1.54) is 24.3 Å². The molecule has 0 saturated carbocycles. The largest absolute Gasteiger partial charge is 0.435 e. The van der Waals surface area contributed by atoms with Crippen molar-refractivity contribution in [3.8, 4) is 5.75 Å². The van der Waals surface area contributed by atoms with Crippen molar-refractivity contribution in [3.63, 3.8) is 0 Å². The van der Waals surface area contributed by atoms with Gasteiger partial charge in [0.2, 0.25) is 0 Å². The quantitative estimate of drug-likeness (QED) is 0.741. The van der Waals surface area contributed by atoms with E-state index in [9.17, 15) is 13.6 Å². The molecule has 1 aromatic carbocycles. The predicted molar refractivity (Wildman–Crippen MR) is 69.5 cm³/mol. The van der Waals surface area contributed by atoms with Crippen molar-refractivity contribution in [3.05, 3.63) is 42.0 Å². The normalized spacial score (nSPS) is 10.4. The Morgan fingerprint density at radius 1 is 1.37 bits per heavy atom. The first-order chi connectivity index (χ1) is 8.93. The van der Waals surface area contributed by atoms with Crippen molar-refractivity contribution in [2.24, 2.45) is 0 Å². The summed E-state index contributed by atoms with van der Waals surface area (Å²) < 4.78 is 28.2. The van der Waals surface area contributed by atoms with Crippen molar-refractivity contribution < 1.29 is 18.3 Å². The molecule has 1 amide bonds. The average Bonchev–Trinajstić information content (AvgIpc) is 2.35. The lowest BCUT2D eigenvalue weighted by Gasteiger charge is -2.21. The van der Waals surface area contributed by atoms with E-state index in [1.54, 1.807) is 4.90 Å². The second kappa shape index (κ2) is 6.87. The summed E-state index contributed by atoms with van der Waals surface area (Å²) in [5.74, 6) is -0.122. The van der Waals surface area contributed by atoms with Crippen LogP contribution in [0.3, 0.4) is 0 Å². The van der Waals surface area contributed by atoms with Crippen LogP contribution in [0.4, 0.5) is 8.78 Å². The second-order valence-electron chi connectivity index (χ2n) is 4.18. The fraction of sp³-hybridized carbons (Fsp3) is 0.357. The van der Waals surface area contributed by atoms with Crippen LogP contribution in [0.2, 0.25) is 0 Å². The third kappa shape index (κ3) is 4.69. The molecule has 0 unspecified atom stereocenters. The van der Waals surface area contributed by atoms with Crippen LogP contribution < -0.4 is 4.74 Å². The summed E-state index contributed by atoms with van der Waals surface area (Å²) in [6, 6.07) is 5.66. The van der Waals surface area contributed by atoms with Crippen LogP contribution in [0.15, 0.2) is 36.4 Å². The van der Waals surface area contributed by atoms with Crippen LogP contribution in [0.1, 0.15) is 24.2 Å². The van der Waals surface area contributed by atoms with Crippen LogP contribution >= 0.6 is 0 Å². The molecule has 0 aliphatic rings. The molecule has 0 spiro atoms. The molecule has 0 radical (unpaired) electrons. The zero-order valence-electron chi connectivity index (χ0n) is 11.0. The van der Waals surface area contributed by atoms with Gasteiger partial charge < -0.3 is 9.64 Å². The molecular weight excluding hydrogens is 252 g/mol. The molecule has 5 heteroatoms. The number of rotatable bonds is 6. The number of likely N-dealkylation sites (N-methyl/N-ethyl adjacent to an activating group) is 1. The van der Waals surface area contributed by atoms with Crippen LogP contribution in [-0.2, 0) is 0 Å². The van der Waals surface area contributed by atoms with Gasteiger partial charge in [-0.25, -0.2) is 0 Å². The van der Waals surface area contributed by atoms with Gasteiger partial charge in [0.05, 0.1) is 0 Å². The summed E-state index contributed by atoms with van der Waals surface area (Å²) in [6.45, 7) is 5.65. The number of carbonyl (C=O) groups excluding carboxylic acids is 1. The van der Waals surface area contributed by atoms with Crippen molar-refractivity contribution in [2.75, 3.05) is 13.1 Å². The average molecular weight is 269 g/mol. The third-order valence-electron chi connectivity index (χ3n) is 2.46. The summed E-state index contributed by atoms with van der Waals surface area (Å²) in [5, 5.41) is 0. The van der Waals surface area contributed by atoms with Gasteiger partial charge in [0.25, 0.3) is 5.91 Å². The highest BCUT2D eigenvalue weighted by Crippen LogP contribution is 2.16. The fourth-order valence-electron chi connectivity index (χ4n) is 1.61. The van der Waals surface area contributed by atoms with E-state index in [1.807, 2.05) is 13.8 Å². The zero-order valence-corrected chi connectivity index (χ0v) is 11.0. The number of carbonyl (C=O) groups is 1. The maximum atomic E-state index is 12.1. The molecule has 3 nitrogen and oxygen atoms in total. The van der Waals surface area contributed by atoms with E-state index in [0.29, 0.717) is 18.7 Å². The molecule has 1 aromatic rings. The highest BCUT2D eigenvalue weighted by molar-refractivity contribution is 5.94. The van der Waals surface area contributed by atoms with Gasteiger partial charge in [0.15, 0.2) is 0 Å². The lowest BCUT2D eigenvalue weighted by molar-refractivity contribution is -0.0498. The molecule has 0 N–H and O–H groups in total. The number of amides is 1. The number of benzene rings is 1. The molecule has 0 saturated heterocycles. The number of hydrogen-bond donors (Lipinski definition) is 0. The Balaban J connectivity index is 2.78. The lowest BCUT2D eigenvalue weighted by Crippen LogP contribution is -2.32. The molecule has 104 valence electrons. The van der Waals surface area contributed by atoms with E-state index in [-0.39, 0.29) is 11.7 Å². The van der Waals surface area contributed by atoms with E-state index >= 15 is 0 Å². The topological polar surface area (TPSA) is 29.5 Å². The van der Waals surface area contributed by atoms with E-state index in [2.05, 4.69) is 11.3 Å². The highest BCUT2D eigenvalue weighted by Gasteiger charge is 2.14. The van der Waals surface area contributed by atoms with Gasteiger partial charge in [0, 0.05) is 18.7 Å². The lowest BCUT2D eigenvalue weighted by atomic mass is 10.2. The monoisotopic (exact) mass is 269 g/mol. The molecular formula is C14H17F2NO2. The molecule has 0 aliphatic carbocycles. The number of halogens is 2. The van der Waals surface area contributed by atoms with Gasteiger partial charge in [-0.05, 0) is 38.1 Å². The summed E-state index contributed by atoms with van der Waals surface area (Å²) in [4.78, 5) is 13.8. The summed E-state index contributed by atoms with van der Waals surface area (Å²) in [6.07, 6.45) is 0. The molecule has 0 fully saturated rings. The number of ether oxygens (including phenoxy) is 1. The summed E-state index contributed by atoms with van der Waals surface area (Å²) in [5.41, 5.74) is 1.32. The third-order valence-corrected chi connectivity index (χ3v) is 2.46. The molecule has 1 rings (SSSR count). The van der Waals surface area contributed by atoms with Gasteiger partial charge in [0.1, 0.15) is 5.75 Å². The Hall–Kier alpha value is -1.91. The minimum atomic E-state index is -2.86. The minimum Gasteiger partial charge on any atom is -0.435 e. The Morgan fingerprint density at radius 2 is 1.95 bits per heavy atom. The molecule has 0 aromatic heterocycles. The van der Waals surface area contributed by atoms with Gasteiger partial charge in [-0.15, -0.1) is 0 Å². The molecule has 0 aliphatic heterocycles. The van der Waals surface area contributed by atoms with Gasteiger partial charge in [-0.2, -0.15) is 8.78 Å². The first-order valence-corrected chi connectivity index (χ1v) is 5.92. The second-order valence-corrected chi connectivity index (χ2v) is 4.18. The van der Waals surface area contributed by atoms with Gasteiger partial charge in [-0.3, -0.25) is 4.79 Å². The molecule has 0 bridgehead atoms. The van der Waals surface area contributed by atoms with Crippen LogP contribution in [0.25, 0.3) is 0 Å². The summed E-state index contributed by atoms with van der Waals surface area (Å²) in [7, 11) is 0. The number of nitrogens with zero attached hydrogens (tertiary/aromatic N) is 1. The van der Waals surface area contributed by atoms with Gasteiger partial charge >= 0.3 is 6.61 Å². The van der Waals surface area contributed by atoms with Crippen LogP contribution in [0.5, 0.6) is 5.75 Å².